The fourth-order valence-electron chi connectivity index (χ4n) is 3.14. The largest absolute Gasteiger partial charge is 0.503 e. The van der Waals surface area contributed by atoms with Gasteiger partial charge in [0.1, 0.15) is 18.1 Å². The van der Waals surface area contributed by atoms with Gasteiger partial charge in [-0.25, -0.2) is 4.79 Å². The fraction of sp³-hybridized carbons (Fsp3) is 0.562. The van der Waals surface area contributed by atoms with Gasteiger partial charge in [-0.3, -0.25) is 10.1 Å². The number of nitrogens with zero attached hydrogens (tertiary/aromatic N) is 3. The van der Waals surface area contributed by atoms with E-state index in [1.807, 2.05) is 13.8 Å². The Morgan fingerprint density at radius 3 is 2.43 bits per heavy atom. The smallest absolute Gasteiger partial charge is 0.336 e. The highest BCUT2D eigenvalue weighted by molar-refractivity contribution is 5.85. The summed E-state index contributed by atoms with van der Waals surface area (Å²) in [7, 11) is 2.93. The lowest BCUT2D eigenvalue weighted by atomic mass is 10.0. The molecule has 0 aromatic rings. The normalized spacial score (nSPS) is 20.1. The molecular formula is C16H24N6O6. The van der Waals surface area contributed by atoms with Crippen molar-refractivity contribution in [2.75, 3.05) is 20.6 Å². The highest BCUT2D eigenvalue weighted by Gasteiger charge is 2.41. The first-order valence-electron chi connectivity index (χ1n) is 8.45. The summed E-state index contributed by atoms with van der Waals surface area (Å²) in [6.07, 6.45) is -0.834. The fourth-order valence-corrected chi connectivity index (χ4v) is 3.14. The minimum atomic E-state index is -3.15. The molecule has 0 bridgehead atoms. The van der Waals surface area contributed by atoms with Crippen LogP contribution in [0.4, 0.5) is 4.79 Å². The maximum Gasteiger partial charge on any atom is 0.336 e. The van der Waals surface area contributed by atoms with Crippen molar-refractivity contribution < 1.29 is 30.0 Å². The Balaban J connectivity index is 2.35. The second kappa shape index (κ2) is 7.45. The van der Waals surface area contributed by atoms with Gasteiger partial charge in [-0.05, 0) is 5.92 Å². The molecule has 0 fully saturated rings. The molecule has 2 heterocycles. The molecule has 0 saturated carbocycles. The minimum Gasteiger partial charge on any atom is -0.503 e. The zero-order valence-electron chi connectivity index (χ0n) is 15.9. The lowest BCUT2D eigenvalue weighted by Gasteiger charge is -2.40. The van der Waals surface area contributed by atoms with Crippen molar-refractivity contribution in [3.05, 3.63) is 23.0 Å². The van der Waals surface area contributed by atoms with E-state index in [4.69, 9.17) is 5.26 Å². The van der Waals surface area contributed by atoms with Crippen LogP contribution in [0.1, 0.15) is 13.8 Å². The van der Waals surface area contributed by atoms with Gasteiger partial charge in [0.05, 0.1) is 5.57 Å². The standard InChI is InChI=1S/C16H24N6O6/c1-7(2)8(5-21(3)14(25)16(27,28)6-17)22(4)12-9-10(23)13(24)18-11(9)19-15(26)20-12/h7-8,11,18,23-24,27-28H,5H2,1-4H3,(H2,19,20,26). The zero-order valence-corrected chi connectivity index (χ0v) is 15.9. The van der Waals surface area contributed by atoms with E-state index in [9.17, 15) is 30.0 Å². The molecule has 0 aliphatic carbocycles. The van der Waals surface area contributed by atoms with Gasteiger partial charge in [-0.1, -0.05) is 13.8 Å². The van der Waals surface area contributed by atoms with Crippen LogP contribution in [0.25, 0.3) is 0 Å². The van der Waals surface area contributed by atoms with Crippen molar-refractivity contribution in [1.29, 1.82) is 5.26 Å². The number of amides is 3. The van der Waals surface area contributed by atoms with Crippen LogP contribution in [-0.4, -0.2) is 80.8 Å². The molecule has 2 rings (SSSR count). The number of rotatable bonds is 6. The molecule has 0 aromatic heterocycles. The number of urea groups is 1. The molecule has 12 nitrogen and oxygen atoms in total. The quantitative estimate of drug-likeness (QED) is 0.204. The predicted octanol–water partition coefficient (Wildman–Crippen LogP) is -1.66. The van der Waals surface area contributed by atoms with Gasteiger partial charge in [-0.15, -0.1) is 0 Å². The first-order valence-corrected chi connectivity index (χ1v) is 8.45. The van der Waals surface area contributed by atoms with Crippen LogP contribution < -0.4 is 16.0 Å². The molecule has 3 amide bonds. The zero-order chi connectivity index (χ0) is 21.4. The van der Waals surface area contributed by atoms with Gasteiger partial charge in [0.2, 0.25) is 5.88 Å². The van der Waals surface area contributed by atoms with E-state index in [-0.39, 0.29) is 23.9 Å². The molecule has 2 aliphatic heterocycles. The summed E-state index contributed by atoms with van der Waals surface area (Å²) in [6.45, 7) is 3.67. The third-order valence-corrected chi connectivity index (χ3v) is 4.69. The van der Waals surface area contributed by atoms with E-state index in [1.165, 1.54) is 7.05 Å². The van der Waals surface area contributed by atoms with E-state index in [2.05, 4.69) is 16.0 Å². The first-order chi connectivity index (χ1) is 12.9. The molecule has 0 spiro atoms. The van der Waals surface area contributed by atoms with Crippen molar-refractivity contribution in [2.24, 2.45) is 5.92 Å². The van der Waals surface area contributed by atoms with Crippen LogP contribution in [0.15, 0.2) is 23.0 Å². The Kier molecular flexibility index (Phi) is 5.62. The van der Waals surface area contributed by atoms with Crippen molar-refractivity contribution in [1.82, 2.24) is 25.8 Å². The van der Waals surface area contributed by atoms with Crippen molar-refractivity contribution in [3.8, 4) is 6.07 Å². The summed E-state index contributed by atoms with van der Waals surface area (Å²) in [4.78, 5) is 26.6. The van der Waals surface area contributed by atoms with Crippen LogP contribution in [-0.2, 0) is 4.79 Å². The second-order valence-electron chi connectivity index (χ2n) is 7.03. The van der Waals surface area contributed by atoms with Crippen LogP contribution in [0, 0.1) is 17.2 Å². The summed E-state index contributed by atoms with van der Waals surface area (Å²) in [5.74, 6) is -5.14. The molecule has 0 aromatic carbocycles. The Bertz CT molecular complexity index is 783. The lowest BCUT2D eigenvalue weighted by Crippen LogP contribution is -2.58. The van der Waals surface area contributed by atoms with E-state index in [0.29, 0.717) is 0 Å². The number of hydrogen-bond donors (Lipinski definition) is 7. The Morgan fingerprint density at radius 1 is 1.29 bits per heavy atom. The van der Waals surface area contributed by atoms with Gasteiger partial charge in [0, 0.05) is 26.7 Å². The van der Waals surface area contributed by atoms with E-state index >= 15 is 0 Å². The van der Waals surface area contributed by atoms with Gasteiger partial charge in [-0.2, -0.15) is 5.26 Å². The number of carbonyl (C=O) groups is 2. The minimum absolute atomic E-state index is 0.0216. The average molecular weight is 396 g/mol. The van der Waals surface area contributed by atoms with Gasteiger partial charge < -0.3 is 40.9 Å². The Labute approximate surface area is 161 Å². The summed E-state index contributed by atoms with van der Waals surface area (Å²) in [5.41, 5.74) is 0.218. The highest BCUT2D eigenvalue weighted by atomic mass is 16.5. The molecule has 12 heteroatoms. The molecule has 154 valence electrons. The van der Waals surface area contributed by atoms with E-state index < -0.39 is 41.6 Å². The van der Waals surface area contributed by atoms with Gasteiger partial charge in [0.15, 0.2) is 5.76 Å². The van der Waals surface area contributed by atoms with Gasteiger partial charge >= 0.3 is 11.8 Å². The molecular weight excluding hydrogens is 372 g/mol. The maximum atomic E-state index is 12.1. The number of carbonyl (C=O) groups excluding carboxylic acids is 2. The average Bonchev–Trinajstić information content (AvgIpc) is 2.90. The Hall–Kier alpha value is -3.17. The number of hydrogen-bond acceptors (Lipinski definition) is 9. The molecule has 2 unspecified atom stereocenters. The van der Waals surface area contributed by atoms with Crippen LogP contribution in [0.5, 0.6) is 0 Å². The summed E-state index contributed by atoms with van der Waals surface area (Å²) in [6, 6.07) is 0.0993. The number of likely N-dealkylation sites (N-methyl/N-ethyl adjacent to an activating group) is 2. The van der Waals surface area contributed by atoms with Crippen LogP contribution >= 0.6 is 0 Å². The number of nitriles is 1. The van der Waals surface area contributed by atoms with Gasteiger partial charge in [0.25, 0.3) is 5.91 Å². The van der Waals surface area contributed by atoms with E-state index in [0.717, 1.165) is 11.0 Å². The first kappa shape index (κ1) is 21.1. The summed E-state index contributed by atoms with van der Waals surface area (Å²) < 4.78 is 0. The number of aliphatic hydroxyl groups excluding tert-OH is 2. The third-order valence-electron chi connectivity index (χ3n) is 4.69. The SMILES string of the molecule is CC(C)C(CN(C)C(=O)C(O)(O)C#N)N(C)C1=C2C(O)=C(O)NC2NC(=O)N1. The summed E-state index contributed by atoms with van der Waals surface area (Å²) in [5, 5.41) is 55.2. The van der Waals surface area contributed by atoms with Crippen molar-refractivity contribution in [3.63, 3.8) is 0 Å². The van der Waals surface area contributed by atoms with Crippen LogP contribution in [0.3, 0.4) is 0 Å². The topological polar surface area (TPSA) is 181 Å². The summed E-state index contributed by atoms with van der Waals surface area (Å²) >= 11 is 0. The third kappa shape index (κ3) is 3.75. The molecule has 7 N–H and O–H groups in total. The number of nitrogens with one attached hydrogen (secondary N) is 3. The van der Waals surface area contributed by atoms with Crippen molar-refractivity contribution >= 4 is 11.9 Å². The number of aliphatic hydroxyl groups is 4. The maximum absolute atomic E-state index is 12.1. The monoisotopic (exact) mass is 396 g/mol. The van der Waals surface area contributed by atoms with E-state index in [1.54, 1.807) is 11.9 Å². The second-order valence-corrected chi connectivity index (χ2v) is 7.03. The molecule has 2 aliphatic rings. The lowest BCUT2D eigenvalue weighted by molar-refractivity contribution is -0.176. The van der Waals surface area contributed by atoms with Crippen molar-refractivity contribution in [2.45, 2.75) is 31.8 Å². The number of fused-ring (bicyclic) bond motifs is 1. The molecule has 0 saturated heterocycles. The molecule has 0 radical (unpaired) electrons. The van der Waals surface area contributed by atoms with Crippen LogP contribution in [0.2, 0.25) is 0 Å². The highest BCUT2D eigenvalue weighted by Crippen LogP contribution is 2.28. The Morgan fingerprint density at radius 2 is 1.89 bits per heavy atom. The molecule has 2 atom stereocenters. The predicted molar refractivity (Wildman–Crippen MR) is 94.7 cm³/mol. The molecule has 28 heavy (non-hydrogen) atoms.